The van der Waals surface area contributed by atoms with E-state index in [1.54, 1.807) is 0 Å². The molecule has 1 aromatic heterocycles. The van der Waals surface area contributed by atoms with Crippen molar-refractivity contribution in [2.24, 2.45) is 17.8 Å². The molecule has 1 saturated heterocycles. The van der Waals surface area contributed by atoms with E-state index >= 15 is 0 Å². The largest absolute Gasteiger partial charge is 0.338 e. The highest BCUT2D eigenvalue weighted by molar-refractivity contribution is 5.81. The van der Waals surface area contributed by atoms with Crippen molar-refractivity contribution in [1.29, 1.82) is 0 Å². The topological polar surface area (TPSA) is 51.0 Å². The first kappa shape index (κ1) is 14.0. The number of fused-ring (bicyclic) bond motifs is 2. The predicted octanol–water partition coefficient (Wildman–Crippen LogP) is 2.54. The molecule has 2 fully saturated rings. The summed E-state index contributed by atoms with van der Waals surface area (Å²) < 4.78 is 1.91. The van der Waals surface area contributed by atoms with Crippen LogP contribution in [0.15, 0.2) is 48.7 Å². The van der Waals surface area contributed by atoms with Crippen molar-refractivity contribution in [3.05, 3.63) is 48.7 Å². The molecule has 24 heavy (non-hydrogen) atoms. The van der Waals surface area contributed by atoms with Crippen LogP contribution < -0.4 is 0 Å². The van der Waals surface area contributed by atoms with Crippen LogP contribution in [0.3, 0.4) is 0 Å². The van der Waals surface area contributed by atoms with Gasteiger partial charge in [0.15, 0.2) is 0 Å². The first-order valence-corrected chi connectivity index (χ1v) is 8.72. The molecule has 0 N–H and O–H groups in total. The Bertz CT molecular complexity index is 791. The quantitative estimate of drug-likeness (QED) is 0.817. The van der Waals surface area contributed by atoms with Crippen molar-refractivity contribution in [3.8, 4) is 11.3 Å². The van der Waals surface area contributed by atoms with E-state index in [1.807, 2.05) is 46.1 Å². The number of amides is 1. The van der Waals surface area contributed by atoms with Crippen molar-refractivity contribution in [3.63, 3.8) is 0 Å². The molecule has 0 unspecified atom stereocenters. The number of carbonyl (C=O) groups excluding carboxylic acids is 1. The zero-order chi connectivity index (χ0) is 16.1. The van der Waals surface area contributed by atoms with E-state index in [4.69, 9.17) is 0 Å². The third kappa shape index (κ3) is 2.19. The van der Waals surface area contributed by atoms with E-state index in [2.05, 4.69) is 22.5 Å². The van der Waals surface area contributed by atoms with Gasteiger partial charge in [-0.25, -0.2) is 4.68 Å². The minimum atomic E-state index is 0.219. The molecule has 3 atom stereocenters. The van der Waals surface area contributed by atoms with Gasteiger partial charge in [-0.1, -0.05) is 47.7 Å². The summed E-state index contributed by atoms with van der Waals surface area (Å²) >= 11 is 0. The second-order valence-corrected chi connectivity index (χ2v) is 7.23. The molecule has 2 aromatic rings. The Labute approximate surface area is 141 Å². The van der Waals surface area contributed by atoms with Crippen LogP contribution in [0.4, 0.5) is 0 Å². The van der Waals surface area contributed by atoms with E-state index in [1.165, 1.54) is 6.42 Å². The average molecular weight is 320 g/mol. The first-order valence-electron chi connectivity index (χ1n) is 8.72. The van der Waals surface area contributed by atoms with E-state index in [0.717, 1.165) is 30.8 Å². The number of hydrogen-bond acceptors (Lipinski definition) is 3. The number of carbonyl (C=O) groups is 1. The summed E-state index contributed by atoms with van der Waals surface area (Å²) in [6, 6.07) is 10.3. The lowest BCUT2D eigenvalue weighted by Crippen LogP contribution is -2.53. The van der Waals surface area contributed by atoms with Gasteiger partial charge in [0.2, 0.25) is 5.91 Å². The lowest BCUT2D eigenvalue weighted by Gasteiger charge is -2.41. The molecule has 0 radical (unpaired) electrons. The average Bonchev–Trinajstić information content (AvgIpc) is 3.31. The van der Waals surface area contributed by atoms with E-state index in [9.17, 15) is 4.79 Å². The molecule has 122 valence electrons. The monoisotopic (exact) mass is 320 g/mol. The van der Waals surface area contributed by atoms with Gasteiger partial charge in [0.25, 0.3) is 0 Å². The summed E-state index contributed by atoms with van der Waals surface area (Å²) in [6.45, 7) is 1.52. The molecular weight excluding hydrogens is 300 g/mol. The zero-order valence-corrected chi connectivity index (χ0v) is 13.5. The van der Waals surface area contributed by atoms with Gasteiger partial charge >= 0.3 is 0 Å². The Morgan fingerprint density at radius 1 is 1.08 bits per heavy atom. The van der Waals surface area contributed by atoms with Gasteiger partial charge in [0, 0.05) is 24.6 Å². The van der Waals surface area contributed by atoms with Gasteiger partial charge < -0.3 is 4.90 Å². The summed E-state index contributed by atoms with van der Waals surface area (Å²) in [4.78, 5) is 14.7. The summed E-state index contributed by atoms with van der Waals surface area (Å²) in [5.41, 5.74) is 1.96. The van der Waals surface area contributed by atoms with E-state index in [0.29, 0.717) is 17.7 Å². The Balaban J connectivity index is 1.23. The number of hydrogen-bond donors (Lipinski definition) is 0. The van der Waals surface area contributed by atoms with Crippen molar-refractivity contribution in [2.45, 2.75) is 18.9 Å². The summed E-state index contributed by atoms with van der Waals surface area (Å²) in [7, 11) is 0. The van der Waals surface area contributed by atoms with Crippen LogP contribution in [-0.2, 0) is 4.79 Å². The second-order valence-electron chi connectivity index (χ2n) is 7.23. The van der Waals surface area contributed by atoms with Gasteiger partial charge in [-0.05, 0) is 24.7 Å². The molecule has 3 aliphatic rings. The fourth-order valence-corrected chi connectivity index (χ4v) is 4.30. The van der Waals surface area contributed by atoms with E-state index in [-0.39, 0.29) is 12.0 Å². The number of likely N-dealkylation sites (tertiary alicyclic amines) is 1. The molecule has 5 heteroatoms. The highest BCUT2D eigenvalue weighted by Crippen LogP contribution is 2.44. The molecule has 1 aromatic carbocycles. The number of allylic oxidation sites excluding steroid dienone is 2. The summed E-state index contributed by atoms with van der Waals surface area (Å²) in [5, 5.41) is 8.53. The number of aromatic nitrogens is 3. The third-order valence-corrected chi connectivity index (χ3v) is 5.72. The van der Waals surface area contributed by atoms with Crippen LogP contribution in [0.2, 0.25) is 0 Å². The van der Waals surface area contributed by atoms with Gasteiger partial charge in [-0.3, -0.25) is 4.79 Å². The van der Waals surface area contributed by atoms with Crippen molar-refractivity contribution >= 4 is 5.91 Å². The van der Waals surface area contributed by atoms with Crippen LogP contribution in [0, 0.1) is 17.8 Å². The molecule has 1 aliphatic heterocycles. The predicted molar refractivity (Wildman–Crippen MR) is 89.9 cm³/mol. The van der Waals surface area contributed by atoms with Gasteiger partial charge in [-0.2, -0.15) is 0 Å². The molecule has 1 amide bonds. The highest BCUT2D eigenvalue weighted by atomic mass is 16.2. The van der Waals surface area contributed by atoms with Gasteiger partial charge in [0.05, 0.1) is 12.2 Å². The molecule has 1 saturated carbocycles. The molecule has 5 nitrogen and oxygen atoms in total. The van der Waals surface area contributed by atoms with E-state index < -0.39 is 0 Å². The minimum absolute atomic E-state index is 0.219. The van der Waals surface area contributed by atoms with Crippen LogP contribution in [0.1, 0.15) is 18.9 Å². The number of benzene rings is 1. The van der Waals surface area contributed by atoms with Crippen LogP contribution in [0.5, 0.6) is 0 Å². The summed E-state index contributed by atoms with van der Waals surface area (Å²) in [6.07, 6.45) is 8.74. The smallest absolute Gasteiger partial charge is 0.226 e. The summed E-state index contributed by atoms with van der Waals surface area (Å²) in [5.74, 6) is 1.69. The maximum Gasteiger partial charge on any atom is 0.226 e. The molecule has 2 bridgehead atoms. The Kier molecular flexibility index (Phi) is 3.08. The standard InChI is InChI=1S/C19H20N4O/c24-19(17-9-13-6-7-15(17)8-13)22-10-16(11-22)23-12-18(20-21-23)14-4-2-1-3-5-14/h1-7,12-13,15-17H,8-11H2/t13-,15-,17+/m0/s1. The lowest BCUT2D eigenvalue weighted by molar-refractivity contribution is -0.142. The number of nitrogens with zero attached hydrogens (tertiary/aromatic N) is 4. The molecule has 2 aliphatic carbocycles. The Morgan fingerprint density at radius 2 is 1.92 bits per heavy atom. The van der Waals surface area contributed by atoms with Crippen molar-refractivity contribution in [1.82, 2.24) is 19.9 Å². The Morgan fingerprint density at radius 3 is 2.62 bits per heavy atom. The van der Waals surface area contributed by atoms with Crippen molar-refractivity contribution in [2.75, 3.05) is 13.1 Å². The molecular formula is C19H20N4O. The van der Waals surface area contributed by atoms with Crippen LogP contribution in [0.25, 0.3) is 11.3 Å². The van der Waals surface area contributed by atoms with Crippen LogP contribution >= 0.6 is 0 Å². The third-order valence-electron chi connectivity index (χ3n) is 5.72. The zero-order valence-electron chi connectivity index (χ0n) is 13.5. The maximum atomic E-state index is 12.7. The minimum Gasteiger partial charge on any atom is -0.338 e. The fraction of sp³-hybridized carbons (Fsp3) is 0.421. The van der Waals surface area contributed by atoms with Gasteiger partial charge in [0.1, 0.15) is 5.69 Å². The fourth-order valence-electron chi connectivity index (χ4n) is 4.30. The second kappa shape index (κ2) is 5.30. The first-order chi connectivity index (χ1) is 11.8. The number of rotatable bonds is 3. The molecule has 0 spiro atoms. The normalized spacial score (nSPS) is 28.3. The van der Waals surface area contributed by atoms with Crippen molar-refractivity contribution < 1.29 is 4.79 Å². The maximum absolute atomic E-state index is 12.7. The molecule has 5 rings (SSSR count). The SMILES string of the molecule is O=C([C@@H]1C[C@H]2C=C[C@H]1C2)N1CC(n2cc(-c3ccccc3)nn2)C1. The van der Waals surface area contributed by atoms with Crippen LogP contribution in [-0.4, -0.2) is 38.9 Å². The highest BCUT2D eigenvalue weighted by Gasteiger charge is 2.44. The molecule has 2 heterocycles. The van der Waals surface area contributed by atoms with Gasteiger partial charge in [-0.15, -0.1) is 5.10 Å². The lowest BCUT2D eigenvalue weighted by atomic mass is 9.91. The Hall–Kier alpha value is -2.43.